The second kappa shape index (κ2) is 3.30. The van der Waals surface area contributed by atoms with Gasteiger partial charge in [-0.25, -0.2) is 0 Å². The van der Waals surface area contributed by atoms with Gasteiger partial charge in [-0.1, -0.05) is 18.2 Å². The Bertz CT molecular complexity index is 638. The van der Waals surface area contributed by atoms with Crippen molar-refractivity contribution in [1.29, 1.82) is 0 Å². The normalized spacial score (nSPS) is 10.8. The fourth-order valence-corrected chi connectivity index (χ4v) is 1.71. The van der Waals surface area contributed by atoms with Crippen LogP contribution in [0.25, 0.3) is 22.3 Å². The summed E-state index contributed by atoms with van der Waals surface area (Å²) in [5.41, 5.74) is 7.37. The van der Waals surface area contributed by atoms with Crippen molar-refractivity contribution in [3.63, 3.8) is 0 Å². The molecule has 0 unspecified atom stereocenters. The maximum atomic E-state index is 5.49. The van der Waals surface area contributed by atoms with Crippen LogP contribution in [0.4, 0.5) is 5.95 Å². The van der Waals surface area contributed by atoms with Crippen molar-refractivity contribution in [2.45, 2.75) is 0 Å². The Morgan fingerprint density at radius 3 is 2.88 bits per heavy atom. The van der Waals surface area contributed by atoms with Gasteiger partial charge in [0.15, 0.2) is 5.82 Å². The number of pyridine rings is 1. The molecule has 0 amide bonds. The number of hydrogen-bond donors (Lipinski definition) is 2. The number of anilines is 1. The van der Waals surface area contributed by atoms with Gasteiger partial charge in [-0.05, 0) is 12.1 Å². The molecular weight excluding hydrogens is 202 g/mol. The second-order valence-electron chi connectivity index (χ2n) is 3.42. The van der Waals surface area contributed by atoms with E-state index in [4.69, 9.17) is 5.73 Å². The van der Waals surface area contributed by atoms with Crippen molar-refractivity contribution in [2.75, 3.05) is 5.73 Å². The van der Waals surface area contributed by atoms with Crippen LogP contribution in [0, 0.1) is 0 Å². The lowest BCUT2D eigenvalue weighted by Gasteiger charge is -2.01. The Balaban J connectivity index is 2.31. The van der Waals surface area contributed by atoms with Crippen LogP contribution in [0.2, 0.25) is 0 Å². The lowest BCUT2D eigenvalue weighted by atomic mass is 10.1. The summed E-state index contributed by atoms with van der Waals surface area (Å²) in [4.78, 5) is 8.40. The van der Waals surface area contributed by atoms with Gasteiger partial charge in [0.2, 0.25) is 5.95 Å². The van der Waals surface area contributed by atoms with Gasteiger partial charge in [-0.3, -0.25) is 10.1 Å². The second-order valence-corrected chi connectivity index (χ2v) is 3.42. The molecule has 5 nitrogen and oxygen atoms in total. The number of rotatable bonds is 1. The zero-order valence-corrected chi connectivity index (χ0v) is 8.38. The first kappa shape index (κ1) is 8.84. The molecule has 0 bridgehead atoms. The molecule has 5 heteroatoms. The third kappa shape index (κ3) is 1.30. The number of H-pyrrole nitrogens is 1. The number of nitrogens with two attached hydrogens (primary N) is 1. The first-order valence-electron chi connectivity index (χ1n) is 4.86. The molecule has 0 aliphatic rings. The Morgan fingerprint density at radius 2 is 2.06 bits per heavy atom. The molecular formula is C11H9N5. The van der Waals surface area contributed by atoms with Crippen LogP contribution in [0.3, 0.4) is 0 Å². The molecule has 78 valence electrons. The molecule has 0 aliphatic carbocycles. The van der Waals surface area contributed by atoms with E-state index in [1.807, 2.05) is 30.3 Å². The summed E-state index contributed by atoms with van der Waals surface area (Å²) in [6.07, 6.45) is 1.76. The Hall–Kier alpha value is -2.43. The van der Waals surface area contributed by atoms with E-state index < -0.39 is 0 Å². The average Bonchev–Trinajstić information content (AvgIpc) is 2.75. The number of nitrogens with zero attached hydrogens (tertiary/aromatic N) is 3. The smallest absolute Gasteiger partial charge is 0.239 e. The maximum absolute atomic E-state index is 5.49. The van der Waals surface area contributed by atoms with E-state index in [9.17, 15) is 0 Å². The lowest BCUT2D eigenvalue weighted by molar-refractivity contribution is 1.10. The lowest BCUT2D eigenvalue weighted by Crippen LogP contribution is -1.87. The van der Waals surface area contributed by atoms with E-state index >= 15 is 0 Å². The van der Waals surface area contributed by atoms with Gasteiger partial charge in [0.1, 0.15) is 0 Å². The third-order valence-electron chi connectivity index (χ3n) is 2.40. The molecule has 0 saturated carbocycles. The van der Waals surface area contributed by atoms with Crippen molar-refractivity contribution >= 4 is 16.9 Å². The maximum Gasteiger partial charge on any atom is 0.239 e. The fraction of sp³-hybridized carbons (Fsp3) is 0. The zero-order valence-electron chi connectivity index (χ0n) is 8.38. The minimum atomic E-state index is 0.246. The summed E-state index contributed by atoms with van der Waals surface area (Å²) in [6.45, 7) is 0. The van der Waals surface area contributed by atoms with Crippen molar-refractivity contribution < 1.29 is 0 Å². The number of fused-ring (bicyclic) bond motifs is 1. The quantitative estimate of drug-likeness (QED) is 0.640. The van der Waals surface area contributed by atoms with Crippen LogP contribution in [-0.2, 0) is 0 Å². The van der Waals surface area contributed by atoms with Gasteiger partial charge in [0, 0.05) is 17.1 Å². The molecule has 0 spiro atoms. The number of benzene rings is 1. The molecule has 0 aliphatic heterocycles. The zero-order chi connectivity index (χ0) is 11.0. The summed E-state index contributed by atoms with van der Waals surface area (Å²) in [7, 11) is 0. The topological polar surface area (TPSA) is 80.5 Å². The molecule has 3 N–H and O–H groups in total. The summed E-state index contributed by atoms with van der Waals surface area (Å²) in [6, 6.07) is 9.74. The monoisotopic (exact) mass is 211 g/mol. The first-order chi connectivity index (χ1) is 7.84. The van der Waals surface area contributed by atoms with Crippen LogP contribution < -0.4 is 5.73 Å². The van der Waals surface area contributed by atoms with Gasteiger partial charge >= 0.3 is 0 Å². The first-order valence-corrected chi connectivity index (χ1v) is 4.86. The largest absolute Gasteiger partial charge is 0.366 e. The van der Waals surface area contributed by atoms with E-state index in [2.05, 4.69) is 20.2 Å². The van der Waals surface area contributed by atoms with Crippen LogP contribution in [0.5, 0.6) is 0 Å². The van der Waals surface area contributed by atoms with Crippen LogP contribution >= 0.6 is 0 Å². The Morgan fingerprint density at radius 1 is 1.12 bits per heavy atom. The minimum Gasteiger partial charge on any atom is -0.366 e. The summed E-state index contributed by atoms with van der Waals surface area (Å²) in [5.74, 6) is 0.909. The summed E-state index contributed by atoms with van der Waals surface area (Å²) >= 11 is 0. The Kier molecular flexibility index (Phi) is 1.83. The van der Waals surface area contributed by atoms with Gasteiger partial charge in [-0.2, -0.15) is 4.98 Å². The predicted molar refractivity (Wildman–Crippen MR) is 61.5 cm³/mol. The molecule has 16 heavy (non-hydrogen) atoms. The molecule has 0 saturated heterocycles. The van der Waals surface area contributed by atoms with E-state index in [0.717, 1.165) is 16.5 Å². The number of nitrogen functional groups attached to an aromatic ring is 1. The van der Waals surface area contributed by atoms with Gasteiger partial charge < -0.3 is 5.73 Å². The van der Waals surface area contributed by atoms with E-state index in [0.29, 0.717) is 5.82 Å². The molecule has 2 heterocycles. The van der Waals surface area contributed by atoms with Crippen molar-refractivity contribution in [3.05, 3.63) is 36.5 Å². The molecule has 3 aromatic rings. The highest BCUT2D eigenvalue weighted by atomic mass is 15.3. The Labute approximate surface area is 91.3 Å². The van der Waals surface area contributed by atoms with Gasteiger partial charge in [0.25, 0.3) is 0 Å². The number of aromatic nitrogens is 4. The minimum absolute atomic E-state index is 0.246. The number of aromatic amines is 1. The highest BCUT2D eigenvalue weighted by Gasteiger charge is 2.07. The van der Waals surface area contributed by atoms with Crippen molar-refractivity contribution in [2.24, 2.45) is 0 Å². The molecule has 2 aromatic heterocycles. The molecule has 3 rings (SSSR count). The van der Waals surface area contributed by atoms with Crippen LogP contribution in [0.15, 0.2) is 36.5 Å². The van der Waals surface area contributed by atoms with E-state index in [1.54, 1.807) is 6.20 Å². The standard InChI is InChI=1S/C11H9N5/c12-11-14-10(15-16-11)8-3-1-5-9-7(8)4-2-6-13-9/h1-6H,(H3,12,14,15,16). The van der Waals surface area contributed by atoms with E-state index in [1.165, 1.54) is 0 Å². The fourth-order valence-electron chi connectivity index (χ4n) is 1.71. The van der Waals surface area contributed by atoms with Gasteiger partial charge in [0.05, 0.1) is 5.52 Å². The number of hydrogen-bond acceptors (Lipinski definition) is 4. The van der Waals surface area contributed by atoms with Crippen molar-refractivity contribution in [1.82, 2.24) is 20.2 Å². The molecule has 0 atom stereocenters. The number of nitrogens with one attached hydrogen (secondary N) is 1. The summed E-state index contributed by atoms with van der Waals surface area (Å²) < 4.78 is 0. The van der Waals surface area contributed by atoms with Gasteiger partial charge in [-0.15, -0.1) is 5.10 Å². The highest BCUT2D eigenvalue weighted by molar-refractivity contribution is 5.92. The highest BCUT2D eigenvalue weighted by Crippen LogP contribution is 2.24. The van der Waals surface area contributed by atoms with E-state index in [-0.39, 0.29) is 5.95 Å². The van der Waals surface area contributed by atoms with Crippen molar-refractivity contribution in [3.8, 4) is 11.4 Å². The van der Waals surface area contributed by atoms with Crippen LogP contribution in [-0.4, -0.2) is 20.2 Å². The van der Waals surface area contributed by atoms with Crippen LogP contribution in [0.1, 0.15) is 0 Å². The summed E-state index contributed by atoms with van der Waals surface area (Å²) in [5, 5.41) is 7.65. The predicted octanol–water partition coefficient (Wildman–Crippen LogP) is 1.60. The third-order valence-corrected chi connectivity index (χ3v) is 2.40. The molecule has 1 aromatic carbocycles. The average molecular weight is 211 g/mol. The molecule has 0 radical (unpaired) electrons. The SMILES string of the molecule is Nc1n[nH]c(-c2cccc3ncccc23)n1. The molecule has 0 fully saturated rings.